The van der Waals surface area contributed by atoms with Crippen LogP contribution in [0.15, 0.2) is 9.98 Å². The van der Waals surface area contributed by atoms with Crippen molar-refractivity contribution in [2.45, 2.75) is 38.4 Å². The van der Waals surface area contributed by atoms with Gasteiger partial charge in [-0.25, -0.2) is 4.98 Å². The molecular weight excluding hydrogens is 400 g/mol. The van der Waals surface area contributed by atoms with Gasteiger partial charge in [0.25, 0.3) is 0 Å². The molecule has 0 unspecified atom stereocenters. The molecule has 0 aliphatic carbocycles. The summed E-state index contributed by atoms with van der Waals surface area (Å²) >= 11 is 5.21. The molecule has 6 nitrogen and oxygen atoms in total. The third kappa shape index (κ3) is 3.76. The number of aromatic nitrogens is 4. The summed E-state index contributed by atoms with van der Waals surface area (Å²) in [6, 6.07) is 0. The fourth-order valence-corrected chi connectivity index (χ4v) is 4.66. The largest absolute Gasteiger partial charge is 0.312 e. The summed E-state index contributed by atoms with van der Waals surface area (Å²) < 4.78 is 3.44. The lowest BCUT2D eigenvalue weighted by molar-refractivity contribution is 0.199. The van der Waals surface area contributed by atoms with E-state index < -0.39 is 0 Å². The average molecular weight is 420 g/mol. The lowest BCUT2D eigenvalue weighted by Gasteiger charge is -2.31. The van der Waals surface area contributed by atoms with Crippen LogP contribution in [-0.4, -0.2) is 44.3 Å². The molecule has 1 fully saturated rings. The van der Waals surface area contributed by atoms with Crippen LogP contribution in [0.4, 0.5) is 0 Å². The zero-order valence-electron chi connectivity index (χ0n) is 12.7. The van der Waals surface area contributed by atoms with Gasteiger partial charge >= 0.3 is 0 Å². The number of likely N-dealkylation sites (tertiary alicyclic amines) is 1. The van der Waals surface area contributed by atoms with Crippen molar-refractivity contribution >= 4 is 39.7 Å². The third-order valence-corrected chi connectivity index (χ3v) is 5.95. The lowest BCUT2D eigenvalue weighted by Crippen LogP contribution is -2.34. The lowest BCUT2D eigenvalue weighted by atomic mass is 9.96. The Kier molecular flexibility index (Phi) is 5.69. The second-order valence-electron chi connectivity index (χ2n) is 5.91. The van der Waals surface area contributed by atoms with Crippen molar-refractivity contribution in [1.29, 1.82) is 0 Å². The van der Waals surface area contributed by atoms with Crippen molar-refractivity contribution in [3.63, 3.8) is 0 Å². The maximum absolute atomic E-state index is 4.47. The minimum atomic E-state index is 0. The van der Waals surface area contributed by atoms with Crippen molar-refractivity contribution in [3.8, 4) is 0 Å². The normalized spacial score (nSPS) is 19.3. The van der Waals surface area contributed by atoms with Gasteiger partial charge in [-0.2, -0.15) is 0 Å². The van der Waals surface area contributed by atoms with Crippen LogP contribution in [0.2, 0.25) is 0 Å². The molecule has 0 radical (unpaired) electrons. The van der Waals surface area contributed by atoms with Crippen LogP contribution in [-0.2, 0) is 19.6 Å². The summed E-state index contributed by atoms with van der Waals surface area (Å²) in [7, 11) is 0. The van der Waals surface area contributed by atoms with Crippen LogP contribution in [0.5, 0.6) is 0 Å². The van der Waals surface area contributed by atoms with Gasteiger partial charge in [-0.3, -0.25) is 4.90 Å². The van der Waals surface area contributed by atoms with Gasteiger partial charge in [-0.1, -0.05) is 0 Å². The first kappa shape index (κ1) is 17.3. The van der Waals surface area contributed by atoms with E-state index in [9.17, 15) is 0 Å². The summed E-state index contributed by atoms with van der Waals surface area (Å²) in [6.07, 6.45) is 4.22. The predicted octanol–water partition coefficient (Wildman–Crippen LogP) is 2.40. The van der Waals surface area contributed by atoms with Crippen molar-refractivity contribution < 1.29 is 0 Å². The topological polar surface area (TPSA) is 58.9 Å². The molecule has 2 aliphatic heterocycles. The number of hydrogen-bond acceptors (Lipinski definition) is 6. The minimum absolute atomic E-state index is 0. The van der Waals surface area contributed by atoms with E-state index in [0.29, 0.717) is 5.92 Å². The average Bonchev–Trinajstić information content (AvgIpc) is 3.14. The highest BCUT2D eigenvalue weighted by Gasteiger charge is 2.27. The summed E-state index contributed by atoms with van der Waals surface area (Å²) in [5.41, 5.74) is 0. The van der Waals surface area contributed by atoms with Crippen molar-refractivity contribution in [2.24, 2.45) is 0 Å². The van der Waals surface area contributed by atoms with E-state index in [4.69, 9.17) is 0 Å². The Balaban J connectivity index is 0.00000156. The molecular formula is C14H20BrClN6S. The van der Waals surface area contributed by atoms with Crippen LogP contribution in [0.1, 0.15) is 35.4 Å². The number of nitrogens with zero attached hydrogens (tertiary/aromatic N) is 5. The Hall–Kier alpha value is -0.540. The van der Waals surface area contributed by atoms with Crippen molar-refractivity contribution in [3.05, 3.63) is 26.6 Å². The second-order valence-corrected chi connectivity index (χ2v) is 8.41. The molecule has 2 aliphatic rings. The molecule has 0 saturated carbocycles. The standard InChI is InChI=1S/C14H19BrN6S.ClH/c15-11-7-17-13(22-11)9-20-4-1-10(2-5-20)14-19-18-12-8-16-3-6-21(12)14;/h7,10,16H,1-6,8-9H2;1H. The van der Waals surface area contributed by atoms with Gasteiger partial charge in [0.1, 0.15) is 16.7 Å². The smallest absolute Gasteiger partial charge is 0.147 e. The molecule has 2 aromatic heterocycles. The molecule has 2 aromatic rings. The molecule has 0 atom stereocenters. The predicted molar refractivity (Wildman–Crippen MR) is 96.0 cm³/mol. The monoisotopic (exact) mass is 418 g/mol. The quantitative estimate of drug-likeness (QED) is 0.828. The Morgan fingerprint density at radius 2 is 2.09 bits per heavy atom. The molecule has 23 heavy (non-hydrogen) atoms. The number of thiazole rings is 1. The number of hydrogen-bond donors (Lipinski definition) is 1. The first-order valence-electron chi connectivity index (χ1n) is 7.75. The first-order valence-corrected chi connectivity index (χ1v) is 9.36. The molecule has 0 bridgehead atoms. The molecule has 9 heteroatoms. The van der Waals surface area contributed by atoms with Crippen LogP contribution in [0.25, 0.3) is 0 Å². The number of piperidine rings is 1. The van der Waals surface area contributed by atoms with Crippen LogP contribution >= 0.6 is 39.7 Å². The van der Waals surface area contributed by atoms with Gasteiger partial charge in [0, 0.05) is 19.0 Å². The molecule has 4 heterocycles. The van der Waals surface area contributed by atoms with Gasteiger partial charge in [-0.15, -0.1) is 33.9 Å². The van der Waals surface area contributed by atoms with Crippen LogP contribution in [0, 0.1) is 0 Å². The Morgan fingerprint density at radius 1 is 1.26 bits per heavy atom. The first-order chi connectivity index (χ1) is 10.8. The second kappa shape index (κ2) is 7.57. The molecule has 126 valence electrons. The van der Waals surface area contributed by atoms with Gasteiger partial charge in [0.15, 0.2) is 0 Å². The zero-order valence-corrected chi connectivity index (χ0v) is 16.0. The van der Waals surface area contributed by atoms with Crippen molar-refractivity contribution in [1.82, 2.24) is 30.0 Å². The minimum Gasteiger partial charge on any atom is -0.312 e. The van der Waals surface area contributed by atoms with E-state index >= 15 is 0 Å². The number of rotatable bonds is 3. The van der Waals surface area contributed by atoms with E-state index in [2.05, 4.69) is 45.9 Å². The number of nitrogens with one attached hydrogen (secondary N) is 1. The van der Waals surface area contributed by atoms with E-state index in [1.807, 2.05) is 6.20 Å². The van der Waals surface area contributed by atoms with Gasteiger partial charge in [-0.05, 0) is 41.9 Å². The summed E-state index contributed by atoms with van der Waals surface area (Å²) in [5.74, 6) is 2.85. The highest BCUT2D eigenvalue weighted by Crippen LogP contribution is 2.29. The molecule has 0 aromatic carbocycles. The third-order valence-electron chi connectivity index (χ3n) is 4.49. The van der Waals surface area contributed by atoms with E-state index in [1.54, 1.807) is 11.3 Å². The molecule has 0 amide bonds. The summed E-state index contributed by atoms with van der Waals surface area (Å²) in [5, 5.41) is 13.4. The van der Waals surface area contributed by atoms with Crippen LogP contribution < -0.4 is 5.32 Å². The fourth-order valence-electron chi connectivity index (χ4n) is 3.32. The number of halogens is 2. The van der Waals surface area contributed by atoms with E-state index in [1.165, 1.54) is 10.8 Å². The van der Waals surface area contributed by atoms with Gasteiger partial charge in [0.05, 0.1) is 23.1 Å². The van der Waals surface area contributed by atoms with Crippen LogP contribution in [0.3, 0.4) is 0 Å². The Labute approximate surface area is 154 Å². The highest BCUT2D eigenvalue weighted by atomic mass is 79.9. The van der Waals surface area contributed by atoms with Gasteiger partial charge < -0.3 is 9.88 Å². The molecule has 0 spiro atoms. The molecule has 1 saturated heterocycles. The molecule has 4 rings (SSSR count). The fraction of sp³-hybridized carbons (Fsp3) is 0.643. The maximum atomic E-state index is 4.47. The van der Waals surface area contributed by atoms with Gasteiger partial charge in [0.2, 0.25) is 0 Å². The van der Waals surface area contributed by atoms with E-state index in [0.717, 1.165) is 61.7 Å². The SMILES string of the molecule is Brc1cnc(CN2CCC(c3nnc4n3CCNC4)CC2)s1.Cl. The number of fused-ring (bicyclic) bond motifs is 1. The maximum Gasteiger partial charge on any atom is 0.147 e. The zero-order chi connectivity index (χ0) is 14.9. The molecule has 1 N–H and O–H groups in total. The van der Waals surface area contributed by atoms with Crippen molar-refractivity contribution in [2.75, 3.05) is 19.6 Å². The Bertz CT molecular complexity index is 651. The summed E-state index contributed by atoms with van der Waals surface area (Å²) in [4.78, 5) is 6.93. The highest BCUT2D eigenvalue weighted by molar-refractivity contribution is 9.11. The Morgan fingerprint density at radius 3 is 2.83 bits per heavy atom. The summed E-state index contributed by atoms with van der Waals surface area (Å²) in [6.45, 7) is 6.07. The van der Waals surface area contributed by atoms with E-state index in [-0.39, 0.29) is 12.4 Å².